The molecule has 0 fully saturated rings. The van der Waals surface area contributed by atoms with Gasteiger partial charge in [-0.15, -0.1) is 0 Å². The van der Waals surface area contributed by atoms with Crippen LogP contribution in [0, 0.1) is 0 Å². The molecule has 2 heterocycles. The summed E-state index contributed by atoms with van der Waals surface area (Å²) in [6.45, 7) is 3.53. The van der Waals surface area contributed by atoms with E-state index in [1.807, 2.05) is 13.0 Å². The van der Waals surface area contributed by atoms with E-state index in [2.05, 4.69) is 15.6 Å². The lowest BCUT2D eigenvalue weighted by Crippen LogP contribution is -2.23. The van der Waals surface area contributed by atoms with Gasteiger partial charge in [-0.25, -0.2) is 4.98 Å². The molecule has 4 heteroatoms. The summed E-state index contributed by atoms with van der Waals surface area (Å²) in [7, 11) is 0. The summed E-state index contributed by atoms with van der Waals surface area (Å²) < 4.78 is 0. The summed E-state index contributed by atoms with van der Waals surface area (Å²) in [6.07, 6.45) is 3.73. The molecule has 1 aromatic heterocycles. The van der Waals surface area contributed by atoms with E-state index in [0.717, 1.165) is 30.8 Å². The molecule has 0 saturated carbocycles. The smallest absolute Gasteiger partial charge is 0.252 e. The van der Waals surface area contributed by atoms with Crippen LogP contribution in [0.1, 0.15) is 29.3 Å². The number of aryl methyl sites for hydroxylation is 1. The molecule has 0 aliphatic carbocycles. The lowest BCUT2D eigenvalue weighted by Gasteiger charge is -2.17. The molecule has 0 bridgehead atoms. The number of hydrogen-bond acceptors (Lipinski definition) is 3. The molecule has 0 atom stereocenters. The van der Waals surface area contributed by atoms with Crippen molar-refractivity contribution in [2.45, 2.75) is 19.8 Å². The highest BCUT2D eigenvalue weighted by Crippen LogP contribution is 2.19. The minimum absolute atomic E-state index is 0.0432. The van der Waals surface area contributed by atoms with E-state index in [1.165, 1.54) is 0 Å². The Kier molecular flexibility index (Phi) is 2.85. The fourth-order valence-corrected chi connectivity index (χ4v) is 1.73. The van der Waals surface area contributed by atoms with E-state index < -0.39 is 0 Å². The zero-order valence-electron chi connectivity index (χ0n) is 8.84. The van der Waals surface area contributed by atoms with Gasteiger partial charge in [-0.2, -0.15) is 0 Å². The van der Waals surface area contributed by atoms with Gasteiger partial charge in [0.25, 0.3) is 5.91 Å². The number of nitrogens with zero attached hydrogens (tertiary/aromatic N) is 1. The van der Waals surface area contributed by atoms with Crippen molar-refractivity contribution < 1.29 is 4.79 Å². The van der Waals surface area contributed by atoms with Crippen molar-refractivity contribution >= 4 is 11.7 Å². The summed E-state index contributed by atoms with van der Waals surface area (Å²) in [6, 6.07) is 1.93. The third-order valence-corrected chi connectivity index (χ3v) is 2.48. The Morgan fingerprint density at radius 3 is 3.33 bits per heavy atom. The monoisotopic (exact) mass is 205 g/mol. The Labute approximate surface area is 89.1 Å². The van der Waals surface area contributed by atoms with Crippen molar-refractivity contribution in [2.24, 2.45) is 0 Å². The third-order valence-electron chi connectivity index (χ3n) is 2.48. The number of pyridine rings is 1. The normalized spacial score (nSPS) is 13.9. The van der Waals surface area contributed by atoms with Crippen molar-refractivity contribution in [3.05, 3.63) is 23.4 Å². The quantitative estimate of drug-likeness (QED) is 0.762. The Morgan fingerprint density at radius 1 is 1.67 bits per heavy atom. The van der Waals surface area contributed by atoms with Crippen LogP contribution in [-0.4, -0.2) is 24.0 Å². The molecule has 1 amide bonds. The number of carbonyl (C=O) groups is 1. The van der Waals surface area contributed by atoms with Gasteiger partial charge in [0.1, 0.15) is 5.82 Å². The van der Waals surface area contributed by atoms with Crippen molar-refractivity contribution in [3.63, 3.8) is 0 Å². The van der Waals surface area contributed by atoms with Crippen LogP contribution in [0.4, 0.5) is 5.82 Å². The predicted molar refractivity (Wildman–Crippen MR) is 59.1 cm³/mol. The van der Waals surface area contributed by atoms with Crippen LogP contribution in [0.25, 0.3) is 0 Å². The van der Waals surface area contributed by atoms with E-state index in [9.17, 15) is 4.79 Å². The Morgan fingerprint density at radius 2 is 2.53 bits per heavy atom. The predicted octanol–water partition coefficient (Wildman–Crippen LogP) is 1.19. The second kappa shape index (κ2) is 4.29. The van der Waals surface area contributed by atoms with Crippen molar-refractivity contribution in [2.75, 3.05) is 18.4 Å². The number of aromatic nitrogens is 1. The highest BCUT2D eigenvalue weighted by molar-refractivity contribution is 5.94. The average molecular weight is 205 g/mol. The minimum atomic E-state index is -0.0432. The third kappa shape index (κ3) is 2.09. The Bertz CT molecular complexity index is 376. The highest BCUT2D eigenvalue weighted by Gasteiger charge is 2.12. The van der Waals surface area contributed by atoms with Crippen molar-refractivity contribution in [3.8, 4) is 0 Å². The maximum absolute atomic E-state index is 11.6. The first kappa shape index (κ1) is 9.96. The second-order valence-electron chi connectivity index (χ2n) is 3.62. The van der Waals surface area contributed by atoms with E-state index in [4.69, 9.17) is 0 Å². The van der Waals surface area contributed by atoms with Gasteiger partial charge in [-0.3, -0.25) is 4.79 Å². The summed E-state index contributed by atoms with van der Waals surface area (Å²) >= 11 is 0. The molecule has 0 spiro atoms. The fourth-order valence-electron chi connectivity index (χ4n) is 1.73. The van der Waals surface area contributed by atoms with Crippen LogP contribution in [0.3, 0.4) is 0 Å². The molecule has 0 saturated heterocycles. The fraction of sp³-hybridized carbons (Fsp3) is 0.455. The lowest BCUT2D eigenvalue weighted by atomic mass is 10.1. The van der Waals surface area contributed by atoms with Gasteiger partial charge in [0.05, 0.1) is 5.56 Å². The van der Waals surface area contributed by atoms with E-state index in [0.29, 0.717) is 12.1 Å². The van der Waals surface area contributed by atoms with Crippen LogP contribution in [0.15, 0.2) is 12.3 Å². The molecule has 1 aromatic rings. The van der Waals surface area contributed by atoms with Gasteiger partial charge >= 0.3 is 0 Å². The zero-order valence-corrected chi connectivity index (χ0v) is 8.84. The molecule has 1 aliphatic rings. The first-order chi connectivity index (χ1) is 7.31. The highest BCUT2D eigenvalue weighted by atomic mass is 16.1. The first-order valence-corrected chi connectivity index (χ1v) is 5.32. The van der Waals surface area contributed by atoms with Gasteiger partial charge in [-0.05, 0) is 31.4 Å². The SMILES string of the molecule is CCNC(=O)c1cnc2c(c1)CCCN2. The maximum atomic E-state index is 11.6. The minimum Gasteiger partial charge on any atom is -0.370 e. The van der Waals surface area contributed by atoms with Crippen LogP contribution in [0.2, 0.25) is 0 Å². The number of amides is 1. The van der Waals surface area contributed by atoms with Gasteiger partial charge in [0.15, 0.2) is 0 Å². The van der Waals surface area contributed by atoms with E-state index in [-0.39, 0.29) is 5.91 Å². The second-order valence-corrected chi connectivity index (χ2v) is 3.62. The van der Waals surface area contributed by atoms with Crippen LogP contribution < -0.4 is 10.6 Å². The van der Waals surface area contributed by atoms with E-state index >= 15 is 0 Å². The standard InChI is InChI=1S/C11H15N3O/c1-2-12-11(15)9-6-8-4-3-5-13-10(8)14-7-9/h6-7H,2-5H2,1H3,(H,12,15)(H,13,14). The first-order valence-electron chi connectivity index (χ1n) is 5.32. The Balaban J connectivity index is 2.24. The molecule has 0 aromatic carbocycles. The summed E-state index contributed by atoms with van der Waals surface area (Å²) in [5.74, 6) is 0.882. The van der Waals surface area contributed by atoms with Crippen molar-refractivity contribution in [1.29, 1.82) is 0 Å². The largest absolute Gasteiger partial charge is 0.370 e. The topological polar surface area (TPSA) is 54.0 Å². The van der Waals surface area contributed by atoms with Crippen LogP contribution in [0.5, 0.6) is 0 Å². The Hall–Kier alpha value is -1.58. The number of fused-ring (bicyclic) bond motifs is 1. The molecule has 0 radical (unpaired) electrons. The molecule has 80 valence electrons. The number of nitrogens with one attached hydrogen (secondary N) is 2. The molecule has 15 heavy (non-hydrogen) atoms. The molecule has 1 aliphatic heterocycles. The molecule has 2 rings (SSSR count). The molecule has 2 N–H and O–H groups in total. The zero-order chi connectivity index (χ0) is 10.7. The molecule has 0 unspecified atom stereocenters. The molecule has 4 nitrogen and oxygen atoms in total. The molecular weight excluding hydrogens is 190 g/mol. The number of rotatable bonds is 2. The van der Waals surface area contributed by atoms with E-state index in [1.54, 1.807) is 6.20 Å². The number of anilines is 1. The number of hydrogen-bond donors (Lipinski definition) is 2. The van der Waals surface area contributed by atoms with Gasteiger partial charge in [0.2, 0.25) is 0 Å². The molecular formula is C11H15N3O. The van der Waals surface area contributed by atoms with Crippen LogP contribution in [-0.2, 0) is 6.42 Å². The van der Waals surface area contributed by atoms with Gasteiger partial charge < -0.3 is 10.6 Å². The maximum Gasteiger partial charge on any atom is 0.252 e. The number of carbonyl (C=O) groups excluding carboxylic acids is 1. The average Bonchev–Trinajstić information content (AvgIpc) is 2.29. The summed E-state index contributed by atoms with van der Waals surface area (Å²) in [5, 5.41) is 5.99. The van der Waals surface area contributed by atoms with Gasteiger partial charge in [-0.1, -0.05) is 0 Å². The van der Waals surface area contributed by atoms with Crippen molar-refractivity contribution in [1.82, 2.24) is 10.3 Å². The summed E-state index contributed by atoms with van der Waals surface area (Å²) in [4.78, 5) is 15.8. The summed E-state index contributed by atoms with van der Waals surface area (Å²) in [5.41, 5.74) is 1.80. The van der Waals surface area contributed by atoms with Gasteiger partial charge in [0, 0.05) is 19.3 Å². The van der Waals surface area contributed by atoms with Crippen LogP contribution >= 0.6 is 0 Å². The lowest BCUT2D eigenvalue weighted by molar-refractivity contribution is 0.0955.